The molecule has 0 aliphatic heterocycles. The number of alkyl halides is 3. The molecule has 0 radical (unpaired) electrons. The number of benzene rings is 1. The predicted molar refractivity (Wildman–Crippen MR) is 104 cm³/mol. The Morgan fingerprint density at radius 3 is 2.63 bits per heavy atom. The zero-order chi connectivity index (χ0) is 21.7. The van der Waals surface area contributed by atoms with E-state index in [-0.39, 0.29) is 11.2 Å². The first-order valence-electron chi connectivity index (χ1n) is 8.72. The summed E-state index contributed by atoms with van der Waals surface area (Å²) in [4.78, 5) is 23.8. The summed E-state index contributed by atoms with van der Waals surface area (Å²) in [7, 11) is -3.77. The summed E-state index contributed by atoms with van der Waals surface area (Å²) >= 11 is -0.890. The van der Waals surface area contributed by atoms with Crippen molar-refractivity contribution in [2.24, 2.45) is 0 Å². The minimum atomic E-state index is -4.70. The Morgan fingerprint density at radius 2 is 2.00 bits per heavy atom. The molecule has 0 spiro atoms. The van der Waals surface area contributed by atoms with Gasteiger partial charge in [-0.05, 0) is 0 Å². The van der Waals surface area contributed by atoms with Crippen LogP contribution in [0.1, 0.15) is 29.0 Å². The van der Waals surface area contributed by atoms with E-state index < -0.39 is 43.7 Å². The second-order valence-corrected chi connectivity index (χ2v) is 11.9. The maximum absolute atomic E-state index is 13.4. The van der Waals surface area contributed by atoms with Gasteiger partial charge in [0, 0.05) is 0 Å². The number of hydrogen-bond acceptors (Lipinski definition) is 6. The van der Waals surface area contributed by atoms with E-state index in [1.165, 1.54) is 29.1 Å². The van der Waals surface area contributed by atoms with Gasteiger partial charge in [-0.15, -0.1) is 0 Å². The molecular formula is C17H15AsF3N5O3S. The molecule has 158 valence electrons. The van der Waals surface area contributed by atoms with Crippen molar-refractivity contribution in [1.29, 1.82) is 0 Å². The van der Waals surface area contributed by atoms with Crippen LogP contribution in [0, 0.1) is 0 Å². The molecule has 1 aliphatic carbocycles. The van der Waals surface area contributed by atoms with Crippen LogP contribution in [-0.4, -0.2) is 55.9 Å². The van der Waals surface area contributed by atoms with Gasteiger partial charge in [-0.25, -0.2) is 0 Å². The average Bonchev–Trinajstić information content (AvgIpc) is 3.35. The second-order valence-electron chi connectivity index (χ2n) is 6.85. The molecule has 2 heterocycles. The number of nitrogens with one attached hydrogen (secondary N) is 1. The Kier molecular flexibility index (Phi) is 5.09. The molecule has 1 N–H and O–H groups in total. The van der Waals surface area contributed by atoms with Crippen molar-refractivity contribution in [3.8, 4) is 5.69 Å². The molecule has 1 atom stereocenters. The third-order valence-electron chi connectivity index (χ3n) is 4.23. The van der Waals surface area contributed by atoms with Gasteiger partial charge in [-0.2, -0.15) is 0 Å². The van der Waals surface area contributed by atoms with E-state index in [2.05, 4.69) is 15.0 Å². The fourth-order valence-corrected chi connectivity index (χ4v) is 6.00. The van der Waals surface area contributed by atoms with E-state index in [4.69, 9.17) is 0 Å². The molecule has 1 saturated carbocycles. The van der Waals surface area contributed by atoms with Gasteiger partial charge >= 0.3 is 176 Å². The number of aromatic nitrogens is 4. The van der Waals surface area contributed by atoms with Crippen LogP contribution < -0.4 is 9.20 Å². The Bertz CT molecular complexity index is 1260. The Morgan fingerprint density at radius 1 is 1.27 bits per heavy atom. The Hall–Kier alpha value is -2.46. The van der Waals surface area contributed by atoms with Gasteiger partial charge in [0.1, 0.15) is 0 Å². The van der Waals surface area contributed by atoms with Gasteiger partial charge in [0.05, 0.1) is 0 Å². The summed E-state index contributed by atoms with van der Waals surface area (Å²) in [6.07, 6.45) is -0.546. The molecule has 1 aromatic carbocycles. The topological polar surface area (TPSA) is 107 Å². The summed E-state index contributed by atoms with van der Waals surface area (Å²) in [5.74, 6) is -2.07. The molecule has 4 rings (SSSR count). The third-order valence-corrected chi connectivity index (χ3v) is 8.16. The molecule has 13 heteroatoms. The first-order chi connectivity index (χ1) is 14.0. The van der Waals surface area contributed by atoms with Crippen molar-refractivity contribution >= 4 is 47.3 Å². The van der Waals surface area contributed by atoms with Crippen LogP contribution in [0.5, 0.6) is 0 Å². The Labute approximate surface area is 175 Å². The summed E-state index contributed by atoms with van der Waals surface area (Å²) in [6.45, 7) is 0. The van der Waals surface area contributed by atoms with Crippen LogP contribution in [0.15, 0.2) is 30.6 Å². The minimum absolute atomic E-state index is 0.00241. The van der Waals surface area contributed by atoms with Crippen LogP contribution in [0.3, 0.4) is 0 Å². The number of halogens is 3. The molecule has 0 bridgehead atoms. The zero-order valence-corrected chi connectivity index (χ0v) is 18.3. The van der Waals surface area contributed by atoms with Crippen molar-refractivity contribution < 1.29 is 26.4 Å². The summed E-state index contributed by atoms with van der Waals surface area (Å²) < 4.78 is 66.7. The number of nitrogens with zero attached hydrogens (tertiary/aromatic N) is 4. The molecule has 2 aromatic heterocycles. The van der Waals surface area contributed by atoms with Crippen LogP contribution in [-0.2, 0) is 16.2 Å². The van der Waals surface area contributed by atoms with Gasteiger partial charge in [-0.3, -0.25) is 0 Å². The average molecular weight is 501 g/mol. The van der Waals surface area contributed by atoms with Crippen molar-refractivity contribution in [3.63, 3.8) is 0 Å². The molecule has 3 aromatic rings. The number of sulfonamides is 1. The first-order valence-corrected chi connectivity index (χ1v) is 12.9. The van der Waals surface area contributed by atoms with Crippen molar-refractivity contribution in [2.75, 3.05) is 6.26 Å². The molecule has 1 fully saturated rings. The summed E-state index contributed by atoms with van der Waals surface area (Å²) in [5.41, 5.74) is 0.664. The number of amides is 1. The second kappa shape index (κ2) is 7.35. The number of carbonyl (C=O) groups is 1. The number of fused-ring (bicyclic) bond motifs is 1. The van der Waals surface area contributed by atoms with Crippen LogP contribution in [0.4, 0.5) is 13.2 Å². The van der Waals surface area contributed by atoms with Crippen molar-refractivity contribution in [2.45, 2.75) is 23.7 Å². The van der Waals surface area contributed by atoms with E-state index in [0.29, 0.717) is 20.4 Å². The van der Waals surface area contributed by atoms with Crippen LogP contribution >= 0.6 is 0 Å². The fourth-order valence-electron chi connectivity index (χ4n) is 2.76. The SMILES string of the molecule is CS(=O)(=O)NC(=O)c1cccc(-n2cnc3c([AsH]C4CC4)nc(C(F)(F)F)nc32)c1. The number of imidazole rings is 1. The van der Waals surface area contributed by atoms with E-state index in [9.17, 15) is 26.4 Å². The molecule has 30 heavy (non-hydrogen) atoms. The van der Waals surface area contributed by atoms with Crippen LogP contribution in [0.25, 0.3) is 16.9 Å². The van der Waals surface area contributed by atoms with E-state index in [1.54, 1.807) is 6.07 Å². The molecular weight excluding hydrogens is 486 g/mol. The standard InChI is InChI=1S/C17H15AsF3N5O3S/c1-30(28,29)25-15(27)9-3-2-4-11(7-9)26-8-22-12-13(18-10-5-6-10)23-16(17(19,20)21)24-14(12)26/h2-4,7-8,10,18H,5-6H2,1H3,(H,25,27). The van der Waals surface area contributed by atoms with Gasteiger partial charge in [0.15, 0.2) is 0 Å². The quantitative estimate of drug-likeness (QED) is 0.527. The first kappa shape index (κ1) is 20.8. The molecule has 0 saturated heterocycles. The fraction of sp³-hybridized carbons (Fsp3) is 0.294. The third kappa shape index (κ3) is 4.49. The Balaban J connectivity index is 1.81. The van der Waals surface area contributed by atoms with Crippen LogP contribution in [0.2, 0.25) is 4.71 Å². The van der Waals surface area contributed by atoms with E-state index >= 15 is 0 Å². The van der Waals surface area contributed by atoms with Crippen molar-refractivity contribution in [1.82, 2.24) is 24.2 Å². The molecule has 8 nitrogen and oxygen atoms in total. The van der Waals surface area contributed by atoms with Gasteiger partial charge in [0.2, 0.25) is 0 Å². The molecule has 1 amide bonds. The van der Waals surface area contributed by atoms with Gasteiger partial charge < -0.3 is 0 Å². The number of rotatable bonds is 5. The number of carbonyl (C=O) groups excluding carboxylic acids is 1. The summed E-state index contributed by atoms with van der Waals surface area (Å²) in [5, 5.41) is 0. The zero-order valence-electron chi connectivity index (χ0n) is 15.4. The maximum atomic E-state index is 13.4. The van der Waals surface area contributed by atoms with Crippen molar-refractivity contribution in [3.05, 3.63) is 42.0 Å². The number of hydrogen-bond donors (Lipinski definition) is 1. The van der Waals surface area contributed by atoms with Gasteiger partial charge in [0.25, 0.3) is 0 Å². The molecule has 1 unspecified atom stereocenters. The molecule has 1 aliphatic rings. The van der Waals surface area contributed by atoms with E-state index in [0.717, 1.165) is 19.1 Å². The predicted octanol–water partition coefficient (Wildman–Crippen LogP) is 1.17. The summed E-state index contributed by atoms with van der Waals surface area (Å²) in [6, 6.07) is 5.80. The monoisotopic (exact) mass is 501 g/mol. The van der Waals surface area contributed by atoms with E-state index in [1.807, 2.05) is 4.72 Å². The normalized spacial score (nSPS) is 15.2. The van der Waals surface area contributed by atoms with Gasteiger partial charge in [-0.1, -0.05) is 0 Å².